The molecule has 4 aromatic rings. The van der Waals surface area contributed by atoms with Crippen molar-refractivity contribution in [2.75, 3.05) is 32.4 Å². The summed E-state index contributed by atoms with van der Waals surface area (Å²) in [5.74, 6) is 0.708. The highest BCUT2D eigenvalue weighted by molar-refractivity contribution is 7.21. The number of amides is 1. The average molecular weight is 504 g/mol. The second-order valence-corrected chi connectivity index (χ2v) is 8.33. The Hall–Kier alpha value is -3.99. The molecule has 0 bridgehead atoms. The van der Waals surface area contributed by atoms with Gasteiger partial charge >= 0.3 is 6.18 Å². The normalized spacial score (nSPS) is 11.4. The van der Waals surface area contributed by atoms with Gasteiger partial charge in [0.05, 0.1) is 38.3 Å². The predicted molar refractivity (Wildman–Crippen MR) is 129 cm³/mol. The van der Waals surface area contributed by atoms with Gasteiger partial charge in [-0.25, -0.2) is 4.98 Å². The number of fused-ring (bicyclic) bond motifs is 1. The number of hydrogen-bond acceptors (Lipinski definition) is 7. The van der Waals surface area contributed by atoms with Crippen molar-refractivity contribution in [2.45, 2.75) is 6.18 Å². The Balaban J connectivity index is 1.81. The molecular weight excluding hydrogens is 483 g/mol. The molecule has 182 valence electrons. The molecule has 7 nitrogen and oxygen atoms in total. The zero-order valence-corrected chi connectivity index (χ0v) is 19.6. The molecule has 35 heavy (non-hydrogen) atoms. The van der Waals surface area contributed by atoms with Crippen molar-refractivity contribution in [3.63, 3.8) is 0 Å². The number of thiophene rings is 1. The van der Waals surface area contributed by atoms with Crippen LogP contribution in [0.2, 0.25) is 0 Å². The fourth-order valence-electron chi connectivity index (χ4n) is 3.52. The first kappa shape index (κ1) is 24.1. The number of methoxy groups -OCH3 is 3. The molecule has 2 heterocycles. The van der Waals surface area contributed by atoms with Gasteiger partial charge in [-0.05, 0) is 48.5 Å². The molecule has 11 heteroatoms. The third kappa shape index (κ3) is 4.67. The number of halogens is 3. The van der Waals surface area contributed by atoms with Crippen LogP contribution in [0.5, 0.6) is 17.2 Å². The quantitative estimate of drug-likeness (QED) is 0.343. The molecule has 1 amide bonds. The van der Waals surface area contributed by atoms with Crippen molar-refractivity contribution in [1.82, 2.24) is 4.98 Å². The first-order valence-electron chi connectivity index (χ1n) is 10.1. The van der Waals surface area contributed by atoms with Crippen LogP contribution in [0.25, 0.3) is 21.5 Å². The van der Waals surface area contributed by atoms with Gasteiger partial charge in [0.15, 0.2) is 11.5 Å². The summed E-state index contributed by atoms with van der Waals surface area (Å²) in [6.45, 7) is 0. The van der Waals surface area contributed by atoms with E-state index in [-0.39, 0.29) is 26.5 Å². The zero-order valence-electron chi connectivity index (χ0n) is 18.8. The van der Waals surface area contributed by atoms with Gasteiger partial charge < -0.3 is 25.3 Å². The van der Waals surface area contributed by atoms with Crippen molar-refractivity contribution in [1.29, 1.82) is 0 Å². The van der Waals surface area contributed by atoms with Crippen molar-refractivity contribution in [3.8, 4) is 28.5 Å². The summed E-state index contributed by atoms with van der Waals surface area (Å²) >= 11 is 0.787. The summed E-state index contributed by atoms with van der Waals surface area (Å²) < 4.78 is 57.7. The van der Waals surface area contributed by atoms with Crippen molar-refractivity contribution >= 4 is 38.8 Å². The van der Waals surface area contributed by atoms with Crippen LogP contribution in [0.4, 0.5) is 24.5 Å². The maximum Gasteiger partial charge on any atom is 0.417 e. The number of anilines is 2. The molecule has 0 fully saturated rings. The van der Waals surface area contributed by atoms with Gasteiger partial charge in [-0.2, -0.15) is 13.2 Å². The van der Waals surface area contributed by atoms with Crippen molar-refractivity contribution < 1.29 is 32.2 Å². The highest BCUT2D eigenvalue weighted by atomic mass is 32.1. The second-order valence-electron chi connectivity index (χ2n) is 7.33. The van der Waals surface area contributed by atoms with E-state index >= 15 is 0 Å². The van der Waals surface area contributed by atoms with E-state index in [1.165, 1.54) is 27.4 Å². The Bertz CT molecular complexity index is 1400. The van der Waals surface area contributed by atoms with Crippen LogP contribution in [-0.2, 0) is 6.18 Å². The zero-order chi connectivity index (χ0) is 25.3. The Labute approximate surface area is 202 Å². The van der Waals surface area contributed by atoms with E-state index in [1.807, 2.05) is 0 Å². The third-order valence-electron chi connectivity index (χ3n) is 5.24. The lowest BCUT2D eigenvalue weighted by molar-refractivity contribution is -0.136. The summed E-state index contributed by atoms with van der Waals surface area (Å²) in [4.78, 5) is 17.2. The molecule has 0 aliphatic carbocycles. The highest BCUT2D eigenvalue weighted by Gasteiger charge is 2.36. The molecule has 2 aromatic carbocycles. The first-order valence-corrected chi connectivity index (χ1v) is 11.0. The van der Waals surface area contributed by atoms with E-state index in [4.69, 9.17) is 19.9 Å². The number of hydrogen-bond donors (Lipinski definition) is 2. The molecule has 0 spiro atoms. The molecule has 0 saturated carbocycles. The number of pyridine rings is 1. The molecule has 0 atom stereocenters. The van der Waals surface area contributed by atoms with Crippen LogP contribution >= 0.6 is 11.3 Å². The van der Waals surface area contributed by atoms with E-state index in [1.54, 1.807) is 36.4 Å². The van der Waals surface area contributed by atoms with Crippen molar-refractivity contribution in [3.05, 3.63) is 59.0 Å². The van der Waals surface area contributed by atoms with Crippen LogP contribution in [-0.4, -0.2) is 32.2 Å². The Morgan fingerprint density at radius 1 is 0.971 bits per heavy atom. The second kappa shape index (κ2) is 9.34. The van der Waals surface area contributed by atoms with Crippen LogP contribution in [0.1, 0.15) is 15.2 Å². The van der Waals surface area contributed by atoms with Gasteiger partial charge in [-0.1, -0.05) is 0 Å². The summed E-state index contributed by atoms with van der Waals surface area (Å²) in [5, 5.41) is 2.33. The number of nitrogens with zero attached hydrogens (tertiary/aromatic N) is 1. The summed E-state index contributed by atoms with van der Waals surface area (Å²) in [7, 11) is 4.39. The van der Waals surface area contributed by atoms with Crippen LogP contribution in [0, 0.1) is 0 Å². The number of nitrogens with one attached hydrogen (secondary N) is 1. The minimum Gasteiger partial charge on any atom is -0.497 e. The summed E-state index contributed by atoms with van der Waals surface area (Å²) in [5.41, 5.74) is 5.66. The smallest absolute Gasteiger partial charge is 0.417 e. The molecule has 0 radical (unpaired) electrons. The highest BCUT2D eigenvalue weighted by Crippen LogP contribution is 2.44. The standard InChI is InChI=1S/C24H20F3N3O4S/c1-32-14-7-5-13(6-8-14)29-22(31)21-20(28)19-15(24(25,26)27)11-16(30-23(19)35-21)12-4-9-17(33-2)18(10-12)34-3/h4-11H,28H2,1-3H3,(H,29,31). The fourth-order valence-corrected chi connectivity index (χ4v) is 4.53. The maximum absolute atomic E-state index is 14.1. The molecule has 4 rings (SSSR count). The number of nitrogens with two attached hydrogens (primary N) is 1. The Kier molecular flexibility index (Phi) is 6.44. The van der Waals surface area contributed by atoms with Gasteiger partial charge in [0.2, 0.25) is 0 Å². The van der Waals surface area contributed by atoms with E-state index in [2.05, 4.69) is 10.3 Å². The predicted octanol–water partition coefficient (Wildman–Crippen LogP) is 5.84. The number of alkyl halides is 3. The van der Waals surface area contributed by atoms with Gasteiger partial charge in [0.25, 0.3) is 5.91 Å². The third-order valence-corrected chi connectivity index (χ3v) is 6.34. The topological polar surface area (TPSA) is 95.7 Å². The Morgan fingerprint density at radius 2 is 1.66 bits per heavy atom. The van der Waals surface area contributed by atoms with Crippen LogP contribution in [0.3, 0.4) is 0 Å². The number of ether oxygens (including phenoxy) is 3. The molecular formula is C24H20F3N3O4S. The molecule has 0 saturated heterocycles. The largest absolute Gasteiger partial charge is 0.497 e. The van der Waals surface area contributed by atoms with Crippen LogP contribution in [0.15, 0.2) is 48.5 Å². The minimum atomic E-state index is -4.73. The number of carbonyl (C=O) groups excluding carboxylic acids is 1. The van der Waals surface area contributed by atoms with Gasteiger partial charge in [0, 0.05) is 16.6 Å². The Morgan fingerprint density at radius 3 is 2.26 bits per heavy atom. The number of rotatable bonds is 6. The fraction of sp³-hybridized carbons (Fsp3) is 0.167. The van der Waals surface area contributed by atoms with Crippen LogP contribution < -0.4 is 25.3 Å². The summed E-state index contributed by atoms with van der Waals surface area (Å²) in [6, 6.07) is 12.1. The molecule has 0 unspecified atom stereocenters. The monoisotopic (exact) mass is 503 g/mol. The van der Waals surface area contributed by atoms with E-state index < -0.39 is 17.6 Å². The number of carbonyl (C=O) groups is 1. The molecule has 0 aliphatic rings. The summed E-state index contributed by atoms with van der Waals surface area (Å²) in [6.07, 6.45) is -4.73. The van der Waals surface area contributed by atoms with Gasteiger partial charge in [-0.3, -0.25) is 4.79 Å². The maximum atomic E-state index is 14.1. The minimum absolute atomic E-state index is 0.0120. The van der Waals surface area contributed by atoms with E-state index in [0.717, 1.165) is 17.4 Å². The number of nitrogen functional groups attached to an aromatic ring is 1. The lowest BCUT2D eigenvalue weighted by Crippen LogP contribution is -2.12. The van der Waals surface area contributed by atoms with Gasteiger partial charge in [-0.15, -0.1) is 11.3 Å². The molecule has 2 aromatic heterocycles. The number of benzene rings is 2. The average Bonchev–Trinajstić information content (AvgIpc) is 3.19. The molecule has 3 N–H and O–H groups in total. The van der Waals surface area contributed by atoms with Gasteiger partial charge in [0.1, 0.15) is 15.5 Å². The molecule has 0 aliphatic heterocycles. The van der Waals surface area contributed by atoms with Crippen molar-refractivity contribution in [2.24, 2.45) is 0 Å². The number of aromatic nitrogens is 1. The van der Waals surface area contributed by atoms with E-state index in [0.29, 0.717) is 28.5 Å². The first-order chi connectivity index (χ1) is 16.7. The van der Waals surface area contributed by atoms with E-state index in [9.17, 15) is 18.0 Å². The SMILES string of the molecule is COc1ccc(NC(=O)c2sc3nc(-c4ccc(OC)c(OC)c4)cc(C(F)(F)F)c3c2N)cc1. The lowest BCUT2D eigenvalue weighted by Gasteiger charge is -2.13. The lowest BCUT2D eigenvalue weighted by atomic mass is 10.0.